The Hall–Kier alpha value is -1.75. The molecule has 2 aliphatic rings. The molecule has 0 saturated carbocycles. The van der Waals surface area contributed by atoms with E-state index in [1.165, 1.54) is 37.2 Å². The van der Waals surface area contributed by atoms with Crippen LogP contribution in [-0.4, -0.2) is 67.3 Å². The number of hydrogen-bond donors (Lipinski definition) is 0. The molecular formula is C21H33N3O2. The molecule has 0 aliphatic carbocycles. The molecule has 3 rings (SSSR count). The topological polar surface area (TPSA) is 36.0 Å². The second kappa shape index (κ2) is 8.30. The summed E-state index contributed by atoms with van der Waals surface area (Å²) in [7, 11) is 0. The first kappa shape index (κ1) is 19.0. The number of piperazine rings is 1. The average molecular weight is 360 g/mol. The molecule has 26 heavy (non-hydrogen) atoms. The van der Waals surface area contributed by atoms with E-state index in [1.807, 2.05) is 25.7 Å². The Labute approximate surface area is 157 Å². The summed E-state index contributed by atoms with van der Waals surface area (Å²) in [5, 5.41) is 0. The number of rotatable bonds is 4. The van der Waals surface area contributed by atoms with Crippen LogP contribution < -0.4 is 4.90 Å². The Morgan fingerprint density at radius 1 is 0.962 bits per heavy atom. The molecule has 0 radical (unpaired) electrons. The predicted molar refractivity (Wildman–Crippen MR) is 106 cm³/mol. The van der Waals surface area contributed by atoms with Crippen molar-refractivity contribution in [1.29, 1.82) is 0 Å². The second-order valence-electron chi connectivity index (χ2n) is 8.42. The summed E-state index contributed by atoms with van der Waals surface area (Å²) in [4.78, 5) is 18.9. The van der Waals surface area contributed by atoms with Crippen molar-refractivity contribution >= 4 is 11.8 Å². The first-order valence-electron chi connectivity index (χ1n) is 9.95. The summed E-state index contributed by atoms with van der Waals surface area (Å²) >= 11 is 0. The summed E-state index contributed by atoms with van der Waals surface area (Å²) in [6.45, 7) is 12.5. The van der Waals surface area contributed by atoms with Crippen LogP contribution in [0.25, 0.3) is 0 Å². The van der Waals surface area contributed by atoms with E-state index in [9.17, 15) is 4.79 Å². The maximum Gasteiger partial charge on any atom is 0.410 e. The van der Waals surface area contributed by atoms with Crippen LogP contribution in [0.3, 0.4) is 0 Å². The van der Waals surface area contributed by atoms with Gasteiger partial charge in [0.05, 0.1) is 0 Å². The molecule has 0 spiro atoms. The first-order valence-corrected chi connectivity index (χ1v) is 9.95. The molecule has 1 aromatic carbocycles. The standard InChI is InChI=1S/C21H33N3O2/c1-21(2,3)26-20(25)24-16-14-22(15-17-24)13-10-18-6-8-19(9-7-18)23-11-4-5-12-23/h6-9H,4-5,10-17H2,1-3H3. The van der Waals surface area contributed by atoms with Crippen LogP contribution >= 0.6 is 0 Å². The average Bonchev–Trinajstić information content (AvgIpc) is 3.14. The number of amides is 1. The second-order valence-corrected chi connectivity index (χ2v) is 8.42. The fourth-order valence-electron chi connectivity index (χ4n) is 3.62. The van der Waals surface area contributed by atoms with Crippen molar-refractivity contribution in [2.24, 2.45) is 0 Å². The third-order valence-corrected chi connectivity index (χ3v) is 5.15. The number of carbonyl (C=O) groups excluding carboxylic acids is 1. The minimum Gasteiger partial charge on any atom is -0.444 e. The molecule has 0 unspecified atom stereocenters. The highest BCUT2D eigenvalue weighted by Crippen LogP contribution is 2.20. The van der Waals surface area contributed by atoms with Gasteiger partial charge < -0.3 is 14.5 Å². The van der Waals surface area contributed by atoms with Crippen molar-refractivity contribution in [3.05, 3.63) is 29.8 Å². The monoisotopic (exact) mass is 359 g/mol. The van der Waals surface area contributed by atoms with Crippen LogP contribution in [0.15, 0.2) is 24.3 Å². The Bertz CT molecular complexity index is 580. The molecule has 2 fully saturated rings. The fraction of sp³-hybridized carbons (Fsp3) is 0.667. The molecule has 0 N–H and O–H groups in total. The van der Waals surface area contributed by atoms with E-state index in [2.05, 4.69) is 34.1 Å². The quantitative estimate of drug-likeness (QED) is 0.826. The lowest BCUT2D eigenvalue weighted by Gasteiger charge is -2.35. The molecular weight excluding hydrogens is 326 g/mol. The lowest BCUT2D eigenvalue weighted by atomic mass is 10.1. The van der Waals surface area contributed by atoms with Gasteiger partial charge in [0.15, 0.2) is 0 Å². The number of benzene rings is 1. The lowest BCUT2D eigenvalue weighted by Crippen LogP contribution is -2.50. The zero-order chi connectivity index (χ0) is 18.6. The van der Waals surface area contributed by atoms with E-state index in [1.54, 1.807) is 0 Å². The largest absolute Gasteiger partial charge is 0.444 e. The van der Waals surface area contributed by atoms with Gasteiger partial charge in [0, 0.05) is 51.5 Å². The van der Waals surface area contributed by atoms with Gasteiger partial charge in [0.25, 0.3) is 0 Å². The van der Waals surface area contributed by atoms with Gasteiger partial charge in [-0.15, -0.1) is 0 Å². The van der Waals surface area contributed by atoms with Gasteiger partial charge in [-0.1, -0.05) is 12.1 Å². The molecule has 5 heteroatoms. The molecule has 0 atom stereocenters. The third-order valence-electron chi connectivity index (χ3n) is 5.15. The Balaban J connectivity index is 1.40. The molecule has 144 valence electrons. The van der Waals surface area contributed by atoms with Gasteiger partial charge in [0.2, 0.25) is 0 Å². The Morgan fingerprint density at radius 2 is 1.58 bits per heavy atom. The Morgan fingerprint density at radius 3 is 2.15 bits per heavy atom. The molecule has 0 bridgehead atoms. The SMILES string of the molecule is CC(C)(C)OC(=O)N1CCN(CCc2ccc(N3CCCC3)cc2)CC1. The summed E-state index contributed by atoms with van der Waals surface area (Å²) in [5.74, 6) is 0. The van der Waals surface area contributed by atoms with E-state index in [0.717, 1.165) is 39.1 Å². The Kier molecular flexibility index (Phi) is 6.07. The number of anilines is 1. The van der Waals surface area contributed by atoms with Crippen LogP contribution in [0.2, 0.25) is 0 Å². The highest BCUT2D eigenvalue weighted by molar-refractivity contribution is 5.68. The number of nitrogens with zero attached hydrogens (tertiary/aromatic N) is 3. The van der Waals surface area contributed by atoms with Crippen molar-refractivity contribution < 1.29 is 9.53 Å². The van der Waals surface area contributed by atoms with Crippen molar-refractivity contribution in [3.8, 4) is 0 Å². The summed E-state index contributed by atoms with van der Waals surface area (Å²) < 4.78 is 5.46. The fourth-order valence-corrected chi connectivity index (χ4v) is 3.62. The lowest BCUT2D eigenvalue weighted by molar-refractivity contribution is 0.0146. The number of hydrogen-bond acceptors (Lipinski definition) is 4. The van der Waals surface area contributed by atoms with Gasteiger partial charge in [-0.3, -0.25) is 4.90 Å². The smallest absolute Gasteiger partial charge is 0.410 e. The maximum atomic E-state index is 12.1. The summed E-state index contributed by atoms with van der Waals surface area (Å²) in [6.07, 6.45) is 3.51. The molecule has 2 heterocycles. The van der Waals surface area contributed by atoms with Crippen LogP contribution in [0.5, 0.6) is 0 Å². The van der Waals surface area contributed by atoms with Crippen molar-refractivity contribution in [1.82, 2.24) is 9.80 Å². The molecule has 2 saturated heterocycles. The zero-order valence-corrected chi connectivity index (χ0v) is 16.5. The van der Waals surface area contributed by atoms with Crippen molar-refractivity contribution in [3.63, 3.8) is 0 Å². The van der Waals surface area contributed by atoms with Crippen molar-refractivity contribution in [2.75, 3.05) is 50.7 Å². The zero-order valence-electron chi connectivity index (χ0n) is 16.5. The van der Waals surface area contributed by atoms with Gasteiger partial charge in [-0.25, -0.2) is 4.79 Å². The normalized spacial score (nSPS) is 19.0. The predicted octanol–water partition coefficient (Wildman–Crippen LogP) is 3.38. The van der Waals surface area contributed by atoms with E-state index >= 15 is 0 Å². The van der Waals surface area contributed by atoms with Crippen LogP contribution in [-0.2, 0) is 11.2 Å². The van der Waals surface area contributed by atoms with Crippen LogP contribution in [0.1, 0.15) is 39.2 Å². The van der Waals surface area contributed by atoms with Gasteiger partial charge in [-0.05, 0) is 57.7 Å². The molecule has 5 nitrogen and oxygen atoms in total. The molecule has 2 aliphatic heterocycles. The van der Waals surface area contributed by atoms with Gasteiger partial charge >= 0.3 is 6.09 Å². The molecule has 1 aromatic rings. The summed E-state index contributed by atoms with van der Waals surface area (Å²) in [5.41, 5.74) is 2.33. The minimum atomic E-state index is -0.421. The van der Waals surface area contributed by atoms with Gasteiger partial charge in [-0.2, -0.15) is 0 Å². The molecule has 1 amide bonds. The van der Waals surface area contributed by atoms with Crippen molar-refractivity contribution in [2.45, 2.75) is 45.6 Å². The number of carbonyl (C=O) groups is 1. The summed E-state index contributed by atoms with van der Waals surface area (Å²) in [6, 6.07) is 9.07. The third kappa shape index (κ3) is 5.37. The van der Waals surface area contributed by atoms with E-state index in [0.29, 0.717) is 0 Å². The van der Waals surface area contributed by atoms with E-state index in [-0.39, 0.29) is 6.09 Å². The van der Waals surface area contributed by atoms with E-state index in [4.69, 9.17) is 4.74 Å². The maximum absolute atomic E-state index is 12.1. The van der Waals surface area contributed by atoms with Crippen LogP contribution in [0.4, 0.5) is 10.5 Å². The van der Waals surface area contributed by atoms with Crippen LogP contribution in [0, 0.1) is 0 Å². The van der Waals surface area contributed by atoms with E-state index < -0.39 is 5.60 Å². The number of ether oxygens (including phenoxy) is 1. The molecule has 0 aromatic heterocycles. The van der Waals surface area contributed by atoms with Gasteiger partial charge in [0.1, 0.15) is 5.60 Å². The minimum absolute atomic E-state index is 0.186. The highest BCUT2D eigenvalue weighted by atomic mass is 16.6. The first-order chi connectivity index (χ1) is 12.4. The highest BCUT2D eigenvalue weighted by Gasteiger charge is 2.25.